The molecule has 0 aliphatic carbocycles. The van der Waals surface area contributed by atoms with Crippen molar-refractivity contribution < 1.29 is 39.5 Å². The van der Waals surface area contributed by atoms with E-state index in [9.17, 15) is 9.90 Å². The molecule has 3 rings (SSSR count). The van der Waals surface area contributed by atoms with Crippen molar-refractivity contribution in [1.29, 1.82) is 0 Å². The number of rotatable bonds is 2. The van der Waals surface area contributed by atoms with Crippen LogP contribution >= 0.6 is 0 Å². The first-order valence-corrected chi connectivity index (χ1v) is 6.71. The molecule has 0 saturated carbocycles. The Morgan fingerprint density at radius 2 is 1.55 bits per heavy atom. The number of aryl methyl sites for hydroxylation is 1. The summed E-state index contributed by atoms with van der Waals surface area (Å²) in [4.78, 5) is 12.2. The summed E-state index contributed by atoms with van der Waals surface area (Å²) in [6.07, 6.45) is 0. The second-order valence-corrected chi connectivity index (χ2v) is 5.02. The predicted molar refractivity (Wildman–Crippen MR) is 82.5 cm³/mol. The fourth-order valence-corrected chi connectivity index (χ4v) is 2.22. The molecule has 0 bridgehead atoms. The van der Waals surface area contributed by atoms with E-state index in [0.717, 1.165) is 16.3 Å². The third-order valence-corrected chi connectivity index (χ3v) is 3.41. The molecule has 3 aromatic carbocycles. The fraction of sp³-hybridized carbons (Fsp3) is 0.0556. The molecule has 0 unspecified atom stereocenters. The average molecular weight is 299 g/mol. The summed E-state index contributed by atoms with van der Waals surface area (Å²) in [7, 11) is 0. The van der Waals surface area contributed by atoms with Gasteiger partial charge in [0.25, 0.3) is 5.91 Å². The van der Waals surface area contributed by atoms with Gasteiger partial charge in [-0.2, -0.15) is 0 Å². The fourth-order valence-electron chi connectivity index (χ4n) is 2.22. The topological polar surface area (TPSA) is 52.2 Å². The summed E-state index contributed by atoms with van der Waals surface area (Å²) in [5.41, 5.74) is 1.93. The Bertz CT molecular complexity index is 813. The van der Waals surface area contributed by atoms with Gasteiger partial charge in [-0.05, 0) is 35.9 Å². The number of anilines is 1. The van der Waals surface area contributed by atoms with E-state index in [2.05, 4.69) is 5.32 Å². The molecular weight excluding hydrogens is 285 g/mol. The molecule has 0 heterocycles. The van der Waals surface area contributed by atoms with Gasteiger partial charge < -0.3 is 10.4 Å². The third-order valence-electron chi connectivity index (χ3n) is 3.41. The Balaban J connectivity index is 0.00000176. The minimum absolute atomic E-state index is 0. The van der Waals surface area contributed by atoms with Crippen LogP contribution in [0.25, 0.3) is 10.8 Å². The summed E-state index contributed by atoms with van der Waals surface area (Å²) in [5, 5.41) is 16.5. The predicted octanol–water partition coefficient (Wildman–Crippen LogP) is 0.478. The van der Waals surface area contributed by atoms with Crippen LogP contribution in [-0.4, -0.2) is 5.91 Å². The molecular formula is C18H14NNaO2. The first-order chi connectivity index (χ1) is 10.1. The molecule has 0 aliphatic rings. The van der Waals surface area contributed by atoms with Crippen molar-refractivity contribution in [1.82, 2.24) is 0 Å². The quantitative estimate of drug-likeness (QED) is 0.700. The molecule has 104 valence electrons. The number of carbonyl (C=O) groups is 1. The summed E-state index contributed by atoms with van der Waals surface area (Å²) < 4.78 is 0. The van der Waals surface area contributed by atoms with Gasteiger partial charge >= 0.3 is 29.6 Å². The molecule has 22 heavy (non-hydrogen) atoms. The van der Waals surface area contributed by atoms with E-state index in [-0.39, 0.29) is 41.2 Å². The van der Waals surface area contributed by atoms with E-state index in [0.29, 0.717) is 11.3 Å². The minimum Gasteiger partial charge on any atom is -0.871 e. The van der Waals surface area contributed by atoms with E-state index in [4.69, 9.17) is 0 Å². The first-order valence-electron chi connectivity index (χ1n) is 6.71. The van der Waals surface area contributed by atoms with E-state index in [1.807, 2.05) is 43.3 Å². The number of hydrogen-bond acceptors (Lipinski definition) is 2. The molecule has 1 N–H and O–H groups in total. The number of nitrogens with one attached hydrogen (secondary N) is 1. The monoisotopic (exact) mass is 299 g/mol. The van der Waals surface area contributed by atoms with Gasteiger partial charge in [-0.3, -0.25) is 4.79 Å². The standard InChI is InChI=1S/C18H15NO2.Na/c1-12-6-8-13(9-7-12)18(21)19-16-10-14-4-2-3-5-15(14)11-17(16)20;/h2-11,20H,1H3,(H,19,21);/q;+1/p-1. The molecule has 3 nitrogen and oxygen atoms in total. The number of hydrogen-bond donors (Lipinski definition) is 1. The molecule has 3 aromatic rings. The van der Waals surface area contributed by atoms with Crippen molar-refractivity contribution in [3.05, 3.63) is 71.8 Å². The van der Waals surface area contributed by atoms with Crippen molar-refractivity contribution in [2.45, 2.75) is 6.92 Å². The molecule has 1 amide bonds. The molecule has 0 fully saturated rings. The summed E-state index contributed by atoms with van der Waals surface area (Å²) in [6.45, 7) is 1.96. The zero-order valence-electron chi connectivity index (χ0n) is 12.6. The van der Waals surface area contributed by atoms with Crippen molar-refractivity contribution >= 4 is 22.4 Å². The van der Waals surface area contributed by atoms with Crippen LogP contribution in [0.5, 0.6) is 5.75 Å². The smallest absolute Gasteiger partial charge is 0.871 e. The van der Waals surface area contributed by atoms with E-state index in [1.54, 1.807) is 24.3 Å². The maximum absolute atomic E-state index is 12.2. The average Bonchev–Trinajstić information content (AvgIpc) is 2.48. The van der Waals surface area contributed by atoms with E-state index in [1.165, 1.54) is 0 Å². The number of amides is 1. The first kappa shape index (κ1) is 16.6. The third kappa shape index (κ3) is 3.50. The van der Waals surface area contributed by atoms with Crippen LogP contribution in [0.3, 0.4) is 0 Å². The molecule has 0 aromatic heterocycles. The number of benzene rings is 3. The Labute approximate surface area is 151 Å². The normalized spacial score (nSPS) is 10.0. The second-order valence-electron chi connectivity index (χ2n) is 5.02. The zero-order chi connectivity index (χ0) is 14.8. The Kier molecular flexibility index (Phi) is 5.24. The van der Waals surface area contributed by atoms with Gasteiger partial charge in [0.05, 0.1) is 0 Å². The zero-order valence-corrected chi connectivity index (χ0v) is 14.6. The van der Waals surface area contributed by atoms with E-state index < -0.39 is 0 Å². The van der Waals surface area contributed by atoms with Crippen molar-refractivity contribution in [3.8, 4) is 5.75 Å². The van der Waals surface area contributed by atoms with Gasteiger partial charge in [-0.15, -0.1) is 0 Å². The second kappa shape index (κ2) is 6.97. The number of carbonyl (C=O) groups excluding carboxylic acids is 1. The largest absolute Gasteiger partial charge is 1.00 e. The summed E-state index contributed by atoms with van der Waals surface area (Å²) in [6, 6.07) is 18.1. The molecule has 0 saturated heterocycles. The van der Waals surface area contributed by atoms with Crippen LogP contribution in [-0.2, 0) is 0 Å². The maximum Gasteiger partial charge on any atom is 1.00 e. The molecule has 0 radical (unpaired) electrons. The van der Waals surface area contributed by atoms with Crippen LogP contribution in [0.4, 0.5) is 5.69 Å². The molecule has 0 aliphatic heterocycles. The Hall–Kier alpha value is -1.81. The summed E-state index contributed by atoms with van der Waals surface area (Å²) in [5.74, 6) is -0.462. The molecule has 4 heteroatoms. The Morgan fingerprint density at radius 1 is 0.955 bits per heavy atom. The maximum atomic E-state index is 12.2. The Morgan fingerprint density at radius 3 is 2.18 bits per heavy atom. The van der Waals surface area contributed by atoms with Crippen molar-refractivity contribution in [2.75, 3.05) is 5.32 Å². The number of fused-ring (bicyclic) bond motifs is 1. The molecule has 0 spiro atoms. The van der Waals surface area contributed by atoms with Gasteiger partial charge in [0, 0.05) is 11.3 Å². The van der Waals surface area contributed by atoms with Crippen LogP contribution < -0.4 is 40.0 Å². The SMILES string of the molecule is Cc1ccc(C(=O)Nc2cc3ccccc3cc2[O-])cc1.[Na+]. The molecule has 0 atom stereocenters. The van der Waals surface area contributed by atoms with Crippen LogP contribution in [0.2, 0.25) is 0 Å². The van der Waals surface area contributed by atoms with E-state index >= 15 is 0 Å². The van der Waals surface area contributed by atoms with Crippen LogP contribution in [0.1, 0.15) is 15.9 Å². The summed E-state index contributed by atoms with van der Waals surface area (Å²) >= 11 is 0. The van der Waals surface area contributed by atoms with Gasteiger partial charge in [-0.1, -0.05) is 53.8 Å². The van der Waals surface area contributed by atoms with Gasteiger partial charge in [0.15, 0.2) is 0 Å². The van der Waals surface area contributed by atoms with Crippen LogP contribution in [0, 0.1) is 6.92 Å². The van der Waals surface area contributed by atoms with Crippen molar-refractivity contribution in [2.24, 2.45) is 0 Å². The van der Waals surface area contributed by atoms with Crippen LogP contribution in [0.15, 0.2) is 60.7 Å². The van der Waals surface area contributed by atoms with Gasteiger partial charge in [-0.25, -0.2) is 0 Å². The van der Waals surface area contributed by atoms with Crippen molar-refractivity contribution in [3.63, 3.8) is 0 Å². The van der Waals surface area contributed by atoms with Gasteiger partial charge in [0.2, 0.25) is 0 Å². The minimum atomic E-state index is -0.276. The van der Waals surface area contributed by atoms with Gasteiger partial charge in [0.1, 0.15) is 0 Å².